The molecule has 0 radical (unpaired) electrons. The molecule has 1 aromatic heterocycles. The summed E-state index contributed by atoms with van der Waals surface area (Å²) >= 11 is 0. The molecule has 0 aliphatic carbocycles. The van der Waals surface area contributed by atoms with E-state index in [2.05, 4.69) is 10.3 Å². The molecule has 49 heavy (non-hydrogen) atoms. The molecule has 4 aromatic rings. The summed E-state index contributed by atoms with van der Waals surface area (Å²) in [4.78, 5) is 59.3. The van der Waals surface area contributed by atoms with Gasteiger partial charge in [-0.15, -0.1) is 0 Å². The number of sulfone groups is 1. The lowest BCUT2D eigenvalue weighted by Crippen LogP contribution is -2.54. The number of carbonyl (C=O) groups is 4. The number of nitriles is 1. The minimum atomic E-state index is -3.93. The first-order valence-electron chi connectivity index (χ1n) is 15.8. The van der Waals surface area contributed by atoms with Crippen LogP contribution >= 0.6 is 0 Å². The van der Waals surface area contributed by atoms with Crippen LogP contribution in [0, 0.1) is 17.2 Å². The second-order valence-electron chi connectivity index (χ2n) is 11.8. The number of urea groups is 1. The second kappa shape index (κ2) is 15.6. The van der Waals surface area contributed by atoms with E-state index in [0.717, 1.165) is 10.5 Å². The van der Waals surface area contributed by atoms with Crippen LogP contribution < -0.4 is 5.32 Å². The lowest BCUT2D eigenvalue weighted by Gasteiger charge is -2.32. The fourth-order valence-electron chi connectivity index (χ4n) is 5.72. The number of hydrogen-bond acceptors (Lipinski definition) is 9. The summed E-state index contributed by atoms with van der Waals surface area (Å²) in [5.74, 6) is -3.35. The van der Waals surface area contributed by atoms with Crippen LogP contribution in [-0.4, -0.2) is 83.6 Å². The number of benzene rings is 3. The highest BCUT2D eigenvalue weighted by Gasteiger charge is 2.36. The quantitative estimate of drug-likeness (QED) is 0.202. The standard InChI is InChI=1S/C35H35N5O8S/c36-22-26-10-4-5-11-27(26)23-49(46,47)21-20-40(33(42)25-16-18-39(19-17-25)35(44)45)34(43)38-29(15-14-24-8-2-1-3-9-24)31(41)32-37-28-12-6-7-13-30(28)48-32/h1-13,25,29H,14-21,23H2,(H,38,43)(H,44,45)/t29-/m1/s1. The minimum Gasteiger partial charge on any atom is -0.465 e. The zero-order valence-electron chi connectivity index (χ0n) is 26.5. The molecule has 0 saturated carbocycles. The lowest BCUT2D eigenvalue weighted by atomic mass is 9.95. The van der Waals surface area contributed by atoms with Crippen LogP contribution in [0.5, 0.6) is 0 Å². The Morgan fingerprint density at radius 3 is 2.37 bits per heavy atom. The number of piperidine rings is 1. The zero-order chi connectivity index (χ0) is 35.0. The van der Waals surface area contributed by atoms with Crippen molar-refractivity contribution < 1.29 is 37.1 Å². The predicted octanol–water partition coefficient (Wildman–Crippen LogP) is 4.43. The molecule has 13 nitrogen and oxygen atoms in total. The molecule has 1 fully saturated rings. The monoisotopic (exact) mass is 685 g/mol. The number of ketones is 1. The zero-order valence-corrected chi connectivity index (χ0v) is 27.3. The Hall–Kier alpha value is -5.55. The van der Waals surface area contributed by atoms with Crippen molar-refractivity contribution in [1.82, 2.24) is 20.1 Å². The number of hydrogen-bond donors (Lipinski definition) is 2. The van der Waals surface area contributed by atoms with Crippen LogP contribution in [0.15, 0.2) is 83.3 Å². The number of carboxylic acid groups (broad SMARTS) is 1. The fourth-order valence-corrected chi connectivity index (χ4v) is 7.05. The summed E-state index contributed by atoms with van der Waals surface area (Å²) in [5, 5.41) is 21.4. The van der Waals surface area contributed by atoms with Gasteiger partial charge in [0.05, 0.1) is 29.2 Å². The first-order chi connectivity index (χ1) is 23.5. The van der Waals surface area contributed by atoms with Crippen molar-refractivity contribution in [2.75, 3.05) is 25.4 Å². The van der Waals surface area contributed by atoms with E-state index in [-0.39, 0.29) is 43.8 Å². The van der Waals surface area contributed by atoms with Gasteiger partial charge in [0.15, 0.2) is 15.4 Å². The molecular weight excluding hydrogens is 650 g/mol. The van der Waals surface area contributed by atoms with Gasteiger partial charge in [-0.25, -0.2) is 23.0 Å². The number of aryl methyl sites for hydroxylation is 1. The molecule has 1 atom stereocenters. The number of fused-ring (bicyclic) bond motifs is 1. The van der Waals surface area contributed by atoms with Gasteiger partial charge in [-0.2, -0.15) is 5.26 Å². The summed E-state index contributed by atoms with van der Waals surface area (Å²) in [6.07, 6.45) is -0.350. The van der Waals surface area contributed by atoms with Crippen molar-refractivity contribution in [1.29, 1.82) is 5.26 Å². The van der Waals surface area contributed by atoms with E-state index in [1.165, 1.54) is 17.0 Å². The van der Waals surface area contributed by atoms with Gasteiger partial charge in [0, 0.05) is 25.6 Å². The van der Waals surface area contributed by atoms with Gasteiger partial charge >= 0.3 is 12.1 Å². The van der Waals surface area contributed by atoms with Crippen molar-refractivity contribution in [3.8, 4) is 6.07 Å². The molecule has 0 bridgehead atoms. The topological polar surface area (TPSA) is 191 Å². The van der Waals surface area contributed by atoms with Gasteiger partial charge in [-0.05, 0) is 55.0 Å². The van der Waals surface area contributed by atoms with E-state index in [1.54, 1.807) is 36.4 Å². The maximum absolute atomic E-state index is 14.0. The molecule has 0 unspecified atom stereocenters. The average Bonchev–Trinajstić information content (AvgIpc) is 3.55. The summed E-state index contributed by atoms with van der Waals surface area (Å²) in [7, 11) is -3.93. The van der Waals surface area contributed by atoms with Crippen molar-refractivity contribution in [2.24, 2.45) is 5.92 Å². The van der Waals surface area contributed by atoms with Gasteiger partial charge in [-0.3, -0.25) is 14.5 Å². The van der Waals surface area contributed by atoms with Crippen molar-refractivity contribution in [3.63, 3.8) is 0 Å². The van der Waals surface area contributed by atoms with E-state index in [9.17, 15) is 38.0 Å². The molecule has 0 spiro atoms. The predicted molar refractivity (Wildman–Crippen MR) is 178 cm³/mol. The Morgan fingerprint density at radius 1 is 1.00 bits per heavy atom. The molecule has 5 rings (SSSR count). The first-order valence-corrected chi connectivity index (χ1v) is 17.6. The first kappa shape index (κ1) is 34.8. The number of oxazole rings is 1. The molecular formula is C35H35N5O8S. The van der Waals surface area contributed by atoms with Gasteiger partial charge in [0.2, 0.25) is 11.7 Å². The normalized spacial score (nSPS) is 14.1. The molecule has 3 aromatic carbocycles. The van der Waals surface area contributed by atoms with Crippen LogP contribution in [0.1, 0.15) is 46.6 Å². The molecule has 4 amide bonds. The van der Waals surface area contributed by atoms with Crippen LogP contribution in [0.2, 0.25) is 0 Å². The number of imide groups is 1. The molecule has 1 aliphatic rings. The highest BCUT2D eigenvalue weighted by Crippen LogP contribution is 2.22. The van der Waals surface area contributed by atoms with E-state index >= 15 is 0 Å². The molecule has 2 heterocycles. The van der Waals surface area contributed by atoms with E-state index < -0.39 is 63.7 Å². The van der Waals surface area contributed by atoms with Crippen molar-refractivity contribution in [2.45, 2.75) is 37.5 Å². The summed E-state index contributed by atoms with van der Waals surface area (Å²) in [6, 6.07) is 22.2. The fraction of sp³-hybridized carbons (Fsp3) is 0.314. The van der Waals surface area contributed by atoms with E-state index in [4.69, 9.17) is 4.42 Å². The van der Waals surface area contributed by atoms with Crippen LogP contribution in [0.4, 0.5) is 9.59 Å². The maximum atomic E-state index is 14.0. The van der Waals surface area contributed by atoms with Crippen LogP contribution in [-0.2, 0) is 26.8 Å². The van der Waals surface area contributed by atoms with Crippen molar-refractivity contribution in [3.05, 3.63) is 101 Å². The van der Waals surface area contributed by atoms with Crippen LogP contribution in [0.25, 0.3) is 11.1 Å². The third-order valence-electron chi connectivity index (χ3n) is 8.45. The third kappa shape index (κ3) is 8.88. The number of nitrogens with zero attached hydrogens (tertiary/aromatic N) is 4. The Labute approximate surface area is 283 Å². The maximum Gasteiger partial charge on any atom is 0.407 e. The number of aromatic nitrogens is 1. The Balaban J connectivity index is 1.39. The number of nitrogens with one attached hydrogen (secondary N) is 1. The molecule has 14 heteroatoms. The highest BCUT2D eigenvalue weighted by atomic mass is 32.2. The van der Waals surface area contributed by atoms with Crippen LogP contribution in [0.3, 0.4) is 0 Å². The highest BCUT2D eigenvalue weighted by molar-refractivity contribution is 7.90. The Morgan fingerprint density at radius 2 is 1.67 bits per heavy atom. The summed E-state index contributed by atoms with van der Waals surface area (Å²) < 4.78 is 32.2. The molecule has 1 saturated heterocycles. The number of amides is 4. The SMILES string of the molecule is N#Cc1ccccc1CS(=O)(=O)CCN(C(=O)N[C@H](CCc1ccccc1)C(=O)c1nc2ccccc2o1)C(=O)C1CCN(C(=O)O)CC1. The average molecular weight is 686 g/mol. The Kier molecular flexibility index (Phi) is 11.0. The number of rotatable bonds is 12. The Bertz CT molecular complexity index is 1950. The number of Topliss-reactive ketones (excluding diaryl/α,β-unsaturated/α-hetero) is 1. The number of para-hydroxylation sites is 2. The summed E-state index contributed by atoms with van der Waals surface area (Å²) in [5.41, 5.74) is 2.21. The lowest BCUT2D eigenvalue weighted by molar-refractivity contribution is -0.133. The number of likely N-dealkylation sites (tertiary alicyclic amines) is 1. The van der Waals surface area contributed by atoms with Gasteiger partial charge in [0.1, 0.15) is 5.52 Å². The van der Waals surface area contributed by atoms with Gasteiger partial charge in [0.25, 0.3) is 5.89 Å². The molecule has 2 N–H and O–H groups in total. The molecule has 1 aliphatic heterocycles. The largest absolute Gasteiger partial charge is 0.465 e. The number of carbonyl (C=O) groups excluding carboxylic acids is 3. The van der Waals surface area contributed by atoms with Gasteiger partial charge in [-0.1, -0.05) is 60.7 Å². The third-order valence-corrected chi connectivity index (χ3v) is 10.0. The smallest absolute Gasteiger partial charge is 0.407 e. The second-order valence-corrected chi connectivity index (χ2v) is 14.0. The molecule has 254 valence electrons. The minimum absolute atomic E-state index is 0.0698. The summed E-state index contributed by atoms with van der Waals surface area (Å²) in [6.45, 7) is -0.385. The van der Waals surface area contributed by atoms with E-state index in [0.29, 0.717) is 23.1 Å². The van der Waals surface area contributed by atoms with Gasteiger partial charge < -0.3 is 19.7 Å². The van der Waals surface area contributed by atoms with Crippen molar-refractivity contribution >= 4 is 44.8 Å². The van der Waals surface area contributed by atoms with E-state index in [1.807, 2.05) is 36.4 Å².